The number of nitrogens with zero attached hydrogens (tertiary/aromatic N) is 1. The number of fused-ring (bicyclic) bond motifs is 1. The van der Waals surface area contributed by atoms with E-state index in [1.54, 1.807) is 6.07 Å². The summed E-state index contributed by atoms with van der Waals surface area (Å²) in [5.41, 5.74) is 11.6. The van der Waals surface area contributed by atoms with E-state index in [9.17, 15) is 9.18 Å². The first-order chi connectivity index (χ1) is 18.3. The first-order valence-electron chi connectivity index (χ1n) is 13.3. The number of hydrogen-bond acceptors (Lipinski definition) is 6. The van der Waals surface area contributed by atoms with Gasteiger partial charge in [0.15, 0.2) is 0 Å². The standard InChI is InChI=1S/C31H35FN2O4.ClH/c1-17(31(35)37-4)30(20-6-7-20)22-8-5-19-10-12-27(38-28(19)14-22)21-9-11-23(24(13-21)18(2)33)25-15-29(36-3)34-16-26(25)32;/h5,8-9,11,13-18,20,27,30H,6-7,10,12,33H2,1-4H3;1H/t17-,18-,27+,30-;/m0./s1. The van der Waals surface area contributed by atoms with Gasteiger partial charge in [-0.05, 0) is 84.4 Å². The average Bonchev–Trinajstić information content (AvgIpc) is 3.77. The van der Waals surface area contributed by atoms with Gasteiger partial charge in [0.2, 0.25) is 5.88 Å². The first kappa shape index (κ1) is 28.8. The highest BCUT2D eigenvalue weighted by Gasteiger charge is 2.39. The minimum Gasteiger partial charge on any atom is -0.485 e. The molecule has 5 rings (SSSR count). The van der Waals surface area contributed by atoms with Gasteiger partial charge in [0.05, 0.1) is 26.3 Å². The number of nitrogens with two attached hydrogens (primary N) is 1. The van der Waals surface area contributed by atoms with E-state index in [4.69, 9.17) is 19.9 Å². The van der Waals surface area contributed by atoms with Crippen molar-refractivity contribution in [2.45, 2.75) is 57.6 Å². The van der Waals surface area contributed by atoms with Gasteiger partial charge in [-0.3, -0.25) is 4.79 Å². The molecule has 2 heterocycles. The molecule has 2 N–H and O–H groups in total. The molecule has 0 saturated heterocycles. The Morgan fingerprint density at radius 1 is 1.08 bits per heavy atom. The fraction of sp³-hybridized carbons (Fsp3) is 0.419. The molecule has 3 aromatic rings. The molecule has 2 aliphatic rings. The number of ether oxygens (including phenoxy) is 3. The van der Waals surface area contributed by atoms with E-state index in [1.165, 1.54) is 26.0 Å². The van der Waals surface area contributed by atoms with E-state index >= 15 is 0 Å². The van der Waals surface area contributed by atoms with Crippen LogP contribution in [0.2, 0.25) is 0 Å². The molecule has 0 amide bonds. The van der Waals surface area contributed by atoms with Gasteiger partial charge >= 0.3 is 5.97 Å². The van der Waals surface area contributed by atoms with Crippen LogP contribution in [-0.4, -0.2) is 25.2 Å². The molecule has 4 atom stereocenters. The first-order valence-corrected chi connectivity index (χ1v) is 13.3. The molecule has 39 heavy (non-hydrogen) atoms. The summed E-state index contributed by atoms with van der Waals surface area (Å²) in [4.78, 5) is 16.3. The molecule has 1 saturated carbocycles. The summed E-state index contributed by atoms with van der Waals surface area (Å²) in [6, 6.07) is 13.6. The van der Waals surface area contributed by atoms with Crippen LogP contribution in [0.25, 0.3) is 11.1 Å². The Morgan fingerprint density at radius 3 is 2.51 bits per heavy atom. The Bertz CT molecular complexity index is 1340. The number of hydrogen-bond donors (Lipinski definition) is 1. The number of aryl methyl sites for hydroxylation is 1. The summed E-state index contributed by atoms with van der Waals surface area (Å²) in [5.74, 6) is 1.00. The highest BCUT2D eigenvalue weighted by atomic mass is 35.5. The summed E-state index contributed by atoms with van der Waals surface area (Å²) in [6.07, 6.45) is 4.98. The van der Waals surface area contributed by atoms with E-state index in [0.29, 0.717) is 22.9 Å². The van der Waals surface area contributed by atoms with Crippen molar-refractivity contribution in [3.8, 4) is 22.8 Å². The number of rotatable bonds is 8. The second kappa shape index (κ2) is 11.9. The molecule has 6 nitrogen and oxygen atoms in total. The molecule has 0 radical (unpaired) electrons. The molecular formula is C31H36ClFN2O4. The zero-order valence-electron chi connectivity index (χ0n) is 22.8. The molecule has 0 spiro atoms. The number of benzene rings is 2. The number of pyridine rings is 1. The molecular weight excluding hydrogens is 519 g/mol. The maximum absolute atomic E-state index is 14.7. The van der Waals surface area contributed by atoms with E-state index in [0.717, 1.165) is 48.1 Å². The van der Waals surface area contributed by atoms with Crippen LogP contribution in [0.15, 0.2) is 48.7 Å². The van der Waals surface area contributed by atoms with Gasteiger partial charge in [-0.25, -0.2) is 9.37 Å². The van der Waals surface area contributed by atoms with Crippen molar-refractivity contribution in [2.24, 2.45) is 17.6 Å². The summed E-state index contributed by atoms with van der Waals surface area (Å²) in [6.45, 7) is 3.85. The summed E-state index contributed by atoms with van der Waals surface area (Å²) >= 11 is 0. The second-order valence-electron chi connectivity index (χ2n) is 10.5. The minimum atomic E-state index is -0.428. The third-order valence-electron chi connectivity index (χ3n) is 7.93. The molecule has 1 aliphatic carbocycles. The molecule has 208 valence electrons. The normalized spacial score (nSPS) is 18.6. The summed E-state index contributed by atoms with van der Waals surface area (Å²) in [5, 5.41) is 0. The molecule has 0 bridgehead atoms. The maximum atomic E-state index is 14.7. The lowest BCUT2D eigenvalue weighted by Gasteiger charge is -2.29. The van der Waals surface area contributed by atoms with Gasteiger partial charge in [-0.15, -0.1) is 12.4 Å². The number of esters is 1. The van der Waals surface area contributed by atoms with Gasteiger partial charge in [0.1, 0.15) is 17.7 Å². The van der Waals surface area contributed by atoms with Crippen molar-refractivity contribution in [1.82, 2.24) is 4.98 Å². The Morgan fingerprint density at radius 2 is 1.85 bits per heavy atom. The Kier molecular flexibility index (Phi) is 8.82. The topological polar surface area (TPSA) is 83.7 Å². The van der Waals surface area contributed by atoms with Gasteiger partial charge in [-0.2, -0.15) is 0 Å². The minimum absolute atomic E-state index is 0. The second-order valence-corrected chi connectivity index (χ2v) is 10.5. The maximum Gasteiger partial charge on any atom is 0.309 e. The van der Waals surface area contributed by atoms with Crippen molar-refractivity contribution in [3.63, 3.8) is 0 Å². The number of halogens is 2. The zero-order valence-corrected chi connectivity index (χ0v) is 23.6. The highest BCUT2D eigenvalue weighted by molar-refractivity contribution is 5.85. The van der Waals surface area contributed by atoms with Crippen LogP contribution >= 0.6 is 12.4 Å². The van der Waals surface area contributed by atoms with Crippen LogP contribution in [-0.2, 0) is 16.0 Å². The number of carbonyl (C=O) groups excluding carboxylic acids is 1. The predicted molar refractivity (Wildman–Crippen MR) is 151 cm³/mol. The summed E-state index contributed by atoms with van der Waals surface area (Å²) in [7, 11) is 2.96. The van der Waals surface area contributed by atoms with Crippen LogP contribution in [0.4, 0.5) is 4.39 Å². The number of carbonyl (C=O) groups is 1. The number of aromatic nitrogens is 1. The van der Waals surface area contributed by atoms with Crippen LogP contribution in [0.1, 0.15) is 73.4 Å². The third-order valence-corrected chi connectivity index (χ3v) is 7.93. The smallest absolute Gasteiger partial charge is 0.309 e. The zero-order chi connectivity index (χ0) is 27.0. The predicted octanol–water partition coefficient (Wildman–Crippen LogP) is 6.71. The van der Waals surface area contributed by atoms with Crippen LogP contribution < -0.4 is 15.2 Å². The lowest BCUT2D eigenvalue weighted by atomic mass is 9.82. The van der Waals surface area contributed by atoms with Crippen molar-refractivity contribution in [1.29, 1.82) is 0 Å². The molecule has 1 aliphatic heterocycles. The van der Waals surface area contributed by atoms with E-state index in [2.05, 4.69) is 23.2 Å². The Balaban J connectivity index is 0.00000353. The third kappa shape index (κ3) is 5.89. The molecule has 1 fully saturated rings. The molecule has 0 unspecified atom stereocenters. The highest BCUT2D eigenvalue weighted by Crippen LogP contribution is 2.48. The van der Waals surface area contributed by atoms with E-state index in [1.807, 2.05) is 32.0 Å². The fourth-order valence-corrected chi connectivity index (χ4v) is 5.73. The van der Waals surface area contributed by atoms with Crippen LogP contribution in [0.5, 0.6) is 11.6 Å². The Hall–Kier alpha value is -3.16. The summed E-state index contributed by atoms with van der Waals surface area (Å²) < 4.78 is 31.6. The molecule has 8 heteroatoms. The Labute approximate surface area is 235 Å². The molecule has 2 aromatic carbocycles. The lowest BCUT2D eigenvalue weighted by molar-refractivity contribution is -0.145. The van der Waals surface area contributed by atoms with Gasteiger partial charge in [-0.1, -0.05) is 31.2 Å². The van der Waals surface area contributed by atoms with Crippen molar-refractivity contribution in [2.75, 3.05) is 14.2 Å². The SMILES string of the molecule is COC(=O)[C@@H](C)[C@H](c1ccc2c(c1)O[C@@H](c1ccc(-c3cc(OC)ncc3F)c([C@H](C)N)c1)CC2)C1CC1.Cl. The molecule has 1 aromatic heterocycles. The van der Waals surface area contributed by atoms with E-state index < -0.39 is 5.82 Å². The van der Waals surface area contributed by atoms with Gasteiger partial charge < -0.3 is 19.9 Å². The van der Waals surface area contributed by atoms with Crippen LogP contribution in [0, 0.1) is 17.7 Å². The van der Waals surface area contributed by atoms with Crippen LogP contribution in [0.3, 0.4) is 0 Å². The average molecular weight is 555 g/mol. The quantitative estimate of drug-likeness (QED) is 0.312. The van der Waals surface area contributed by atoms with E-state index in [-0.39, 0.29) is 42.4 Å². The van der Waals surface area contributed by atoms with Crippen molar-refractivity contribution in [3.05, 3.63) is 76.7 Å². The largest absolute Gasteiger partial charge is 0.485 e. The number of methoxy groups -OCH3 is 2. The fourth-order valence-electron chi connectivity index (χ4n) is 5.73. The lowest BCUT2D eigenvalue weighted by Crippen LogP contribution is -2.23. The van der Waals surface area contributed by atoms with Crippen molar-refractivity contribution < 1.29 is 23.4 Å². The monoisotopic (exact) mass is 554 g/mol. The van der Waals surface area contributed by atoms with Crippen molar-refractivity contribution >= 4 is 18.4 Å². The van der Waals surface area contributed by atoms with Gasteiger partial charge in [0.25, 0.3) is 0 Å². The van der Waals surface area contributed by atoms with Gasteiger partial charge in [0, 0.05) is 17.7 Å².